The van der Waals surface area contributed by atoms with Crippen molar-refractivity contribution in [1.82, 2.24) is 0 Å². The fraction of sp³-hybridized carbons (Fsp3) is 0.182. The molecule has 0 spiro atoms. The Hall–Kier alpha value is -3.92. The van der Waals surface area contributed by atoms with Crippen molar-refractivity contribution >= 4 is 11.0 Å². The zero-order valence-corrected chi connectivity index (χ0v) is 16.1. The molecule has 2 N–H and O–H groups in total. The summed E-state index contributed by atoms with van der Waals surface area (Å²) in [6, 6.07) is 12.5. The van der Waals surface area contributed by atoms with Gasteiger partial charge in [-0.2, -0.15) is 5.26 Å². The molecule has 0 saturated carbocycles. The lowest BCUT2D eigenvalue weighted by Crippen LogP contribution is -2.22. The van der Waals surface area contributed by atoms with Crippen LogP contribution in [0.2, 0.25) is 0 Å². The molecular weight excluding hydrogens is 372 g/mol. The van der Waals surface area contributed by atoms with E-state index in [1.54, 1.807) is 13.2 Å². The van der Waals surface area contributed by atoms with Crippen LogP contribution in [0.15, 0.2) is 57.1 Å². The second kappa shape index (κ2) is 6.91. The smallest absolute Gasteiger partial charge is 0.336 e. The lowest BCUT2D eigenvalue weighted by molar-refractivity contribution is 0.344. The van der Waals surface area contributed by atoms with Crippen LogP contribution < -0.4 is 25.6 Å². The highest BCUT2D eigenvalue weighted by atomic mass is 16.5. The molecule has 0 amide bonds. The number of rotatable bonds is 3. The third-order valence-electron chi connectivity index (χ3n) is 5.03. The van der Waals surface area contributed by atoms with Gasteiger partial charge >= 0.3 is 5.63 Å². The van der Waals surface area contributed by atoms with Gasteiger partial charge < -0.3 is 24.4 Å². The van der Waals surface area contributed by atoms with E-state index in [4.69, 9.17) is 24.4 Å². The van der Waals surface area contributed by atoms with Crippen LogP contribution in [0.5, 0.6) is 17.2 Å². The Balaban J connectivity index is 2.12. The molecule has 7 heteroatoms. The summed E-state index contributed by atoms with van der Waals surface area (Å²) < 4.78 is 22.0. The van der Waals surface area contributed by atoms with E-state index in [0.29, 0.717) is 39.3 Å². The largest absolute Gasteiger partial charge is 0.497 e. The van der Waals surface area contributed by atoms with Gasteiger partial charge in [-0.15, -0.1) is 0 Å². The summed E-state index contributed by atoms with van der Waals surface area (Å²) in [4.78, 5) is 11.9. The van der Waals surface area contributed by atoms with Gasteiger partial charge in [0.2, 0.25) is 5.88 Å². The predicted octanol–water partition coefficient (Wildman–Crippen LogP) is 3.34. The van der Waals surface area contributed by atoms with Gasteiger partial charge in [-0.3, -0.25) is 0 Å². The van der Waals surface area contributed by atoms with E-state index >= 15 is 0 Å². The minimum Gasteiger partial charge on any atom is -0.497 e. The third kappa shape index (κ3) is 2.86. The number of nitrogens with two attached hydrogens (primary N) is 1. The van der Waals surface area contributed by atoms with E-state index in [1.165, 1.54) is 13.2 Å². The molecule has 0 fully saturated rings. The number of aryl methyl sites for hydroxylation is 1. The van der Waals surface area contributed by atoms with Gasteiger partial charge in [0.15, 0.2) is 11.5 Å². The number of ether oxygens (including phenoxy) is 3. The topological polar surface area (TPSA) is 108 Å². The standard InChI is InChI=1S/C22H18N2O5/c1-11-8-17(25)28-15-9-16(27-3)21-20(18(11)15)19(14(10-23)22(24)29-21)12-4-6-13(26-2)7-5-12/h4-9,19H,24H2,1-3H3. The van der Waals surface area contributed by atoms with Crippen LogP contribution >= 0.6 is 0 Å². The van der Waals surface area contributed by atoms with Crippen molar-refractivity contribution in [3.05, 3.63) is 75.0 Å². The maximum Gasteiger partial charge on any atom is 0.336 e. The first-order valence-corrected chi connectivity index (χ1v) is 8.85. The Morgan fingerprint density at radius 2 is 1.86 bits per heavy atom. The molecule has 1 aliphatic rings. The van der Waals surface area contributed by atoms with Gasteiger partial charge in [0, 0.05) is 23.1 Å². The minimum absolute atomic E-state index is 0.00787. The maximum absolute atomic E-state index is 11.9. The number of hydrogen-bond donors (Lipinski definition) is 1. The van der Waals surface area contributed by atoms with E-state index < -0.39 is 11.5 Å². The molecule has 1 unspecified atom stereocenters. The molecule has 0 radical (unpaired) electrons. The number of nitriles is 1. The molecule has 29 heavy (non-hydrogen) atoms. The van der Waals surface area contributed by atoms with Crippen LogP contribution in [0.1, 0.15) is 22.6 Å². The summed E-state index contributed by atoms with van der Waals surface area (Å²) in [6.45, 7) is 1.81. The molecule has 1 aromatic heterocycles. The lowest BCUT2D eigenvalue weighted by Gasteiger charge is -2.29. The number of hydrogen-bond acceptors (Lipinski definition) is 7. The highest BCUT2D eigenvalue weighted by Crippen LogP contribution is 2.50. The van der Waals surface area contributed by atoms with Crippen LogP contribution in [0.4, 0.5) is 0 Å². The predicted molar refractivity (Wildman–Crippen MR) is 106 cm³/mol. The molecule has 0 saturated heterocycles. The first-order valence-electron chi connectivity index (χ1n) is 8.85. The van der Waals surface area contributed by atoms with Crippen LogP contribution in [0.3, 0.4) is 0 Å². The summed E-state index contributed by atoms with van der Waals surface area (Å²) in [5.41, 5.74) is 8.43. The summed E-state index contributed by atoms with van der Waals surface area (Å²) in [6.07, 6.45) is 0. The zero-order valence-electron chi connectivity index (χ0n) is 16.1. The summed E-state index contributed by atoms with van der Waals surface area (Å²) in [5.74, 6) is 0.926. The molecule has 1 aliphatic heterocycles. The van der Waals surface area contributed by atoms with E-state index in [1.807, 2.05) is 31.2 Å². The van der Waals surface area contributed by atoms with E-state index in [2.05, 4.69) is 6.07 Å². The fourth-order valence-electron chi connectivity index (χ4n) is 3.74. The van der Waals surface area contributed by atoms with Gasteiger partial charge in [0.1, 0.15) is 23.0 Å². The van der Waals surface area contributed by atoms with E-state index in [-0.39, 0.29) is 11.5 Å². The summed E-state index contributed by atoms with van der Waals surface area (Å²) >= 11 is 0. The normalized spacial score (nSPS) is 15.4. The van der Waals surface area contributed by atoms with Gasteiger partial charge in [-0.25, -0.2) is 4.79 Å². The molecule has 0 aliphatic carbocycles. The van der Waals surface area contributed by atoms with Crippen molar-refractivity contribution in [1.29, 1.82) is 5.26 Å². The van der Waals surface area contributed by atoms with Gasteiger partial charge in [-0.1, -0.05) is 12.1 Å². The average molecular weight is 390 g/mol. The van der Waals surface area contributed by atoms with Crippen LogP contribution in [0, 0.1) is 18.3 Å². The quantitative estimate of drug-likeness (QED) is 0.683. The molecule has 146 valence electrons. The molecule has 3 aromatic rings. The molecule has 7 nitrogen and oxygen atoms in total. The SMILES string of the molecule is COc1ccc(C2C(C#N)=C(N)Oc3c(OC)cc4oc(=O)cc(C)c4c32)cc1. The Kier molecular flexibility index (Phi) is 4.40. The highest BCUT2D eigenvalue weighted by Gasteiger charge is 2.35. The molecule has 0 bridgehead atoms. The molecule has 1 atom stereocenters. The Morgan fingerprint density at radius 3 is 2.48 bits per heavy atom. The molecular formula is C22H18N2O5. The first-order chi connectivity index (χ1) is 14.0. The van der Waals surface area contributed by atoms with Gasteiger partial charge in [-0.05, 0) is 30.2 Å². The summed E-state index contributed by atoms with van der Waals surface area (Å²) in [5, 5.41) is 10.5. The first kappa shape index (κ1) is 18.4. The molecule has 4 rings (SSSR count). The average Bonchev–Trinajstić information content (AvgIpc) is 2.72. The fourth-order valence-corrected chi connectivity index (χ4v) is 3.74. The number of nitrogens with zero attached hydrogens (tertiary/aromatic N) is 1. The van der Waals surface area contributed by atoms with Crippen molar-refractivity contribution in [2.24, 2.45) is 5.73 Å². The van der Waals surface area contributed by atoms with Gasteiger partial charge in [0.05, 0.1) is 20.1 Å². The Morgan fingerprint density at radius 1 is 1.14 bits per heavy atom. The van der Waals surface area contributed by atoms with Crippen molar-refractivity contribution in [3.8, 4) is 23.3 Å². The second-order valence-corrected chi connectivity index (χ2v) is 6.64. The van der Waals surface area contributed by atoms with E-state index in [9.17, 15) is 10.1 Å². The highest BCUT2D eigenvalue weighted by molar-refractivity contribution is 5.91. The van der Waals surface area contributed by atoms with Gasteiger partial charge in [0.25, 0.3) is 0 Å². The summed E-state index contributed by atoms with van der Waals surface area (Å²) in [7, 11) is 3.07. The van der Waals surface area contributed by atoms with Crippen LogP contribution in [-0.4, -0.2) is 14.2 Å². The number of benzene rings is 2. The van der Waals surface area contributed by atoms with Crippen molar-refractivity contribution in [3.63, 3.8) is 0 Å². The third-order valence-corrected chi connectivity index (χ3v) is 5.03. The molecule has 2 aromatic carbocycles. The molecule has 2 heterocycles. The Bertz CT molecular complexity index is 1250. The number of methoxy groups -OCH3 is 2. The minimum atomic E-state index is -0.529. The maximum atomic E-state index is 11.9. The van der Waals surface area contributed by atoms with Crippen LogP contribution in [0.25, 0.3) is 11.0 Å². The Labute approximate surface area is 166 Å². The monoisotopic (exact) mass is 390 g/mol. The van der Waals surface area contributed by atoms with Crippen molar-refractivity contribution < 1.29 is 18.6 Å². The van der Waals surface area contributed by atoms with Crippen molar-refractivity contribution in [2.45, 2.75) is 12.8 Å². The second-order valence-electron chi connectivity index (χ2n) is 6.64. The van der Waals surface area contributed by atoms with Crippen molar-refractivity contribution in [2.75, 3.05) is 14.2 Å². The number of fused-ring (bicyclic) bond motifs is 3. The van der Waals surface area contributed by atoms with Crippen LogP contribution in [-0.2, 0) is 0 Å². The lowest BCUT2D eigenvalue weighted by atomic mass is 9.81. The number of allylic oxidation sites excluding steroid dienone is 1. The zero-order chi connectivity index (χ0) is 20.7. The van der Waals surface area contributed by atoms with E-state index in [0.717, 1.165) is 5.56 Å².